The SMILES string of the molecule is CN1C(=O)CNc2ncc(C(=O)N(Cc3cccnc3)Cc3ccsc3)cc21. The highest BCUT2D eigenvalue weighted by Gasteiger charge is 2.25. The Morgan fingerprint density at radius 1 is 1.29 bits per heavy atom. The van der Waals surface area contributed by atoms with Crippen molar-refractivity contribution in [2.45, 2.75) is 13.1 Å². The quantitative estimate of drug-likeness (QED) is 0.721. The first-order valence-electron chi connectivity index (χ1n) is 8.81. The highest BCUT2D eigenvalue weighted by Crippen LogP contribution is 2.28. The Balaban J connectivity index is 1.64. The van der Waals surface area contributed by atoms with E-state index in [1.54, 1.807) is 47.9 Å². The second-order valence-corrected chi connectivity index (χ2v) is 7.33. The number of aromatic nitrogens is 2. The molecule has 2 amide bonds. The van der Waals surface area contributed by atoms with E-state index in [4.69, 9.17) is 0 Å². The third-order valence-electron chi connectivity index (χ3n) is 4.59. The Kier molecular flexibility index (Phi) is 5.03. The van der Waals surface area contributed by atoms with E-state index in [9.17, 15) is 9.59 Å². The van der Waals surface area contributed by atoms with Crippen molar-refractivity contribution in [3.05, 3.63) is 70.3 Å². The van der Waals surface area contributed by atoms with E-state index in [-0.39, 0.29) is 18.4 Å². The Morgan fingerprint density at radius 2 is 2.14 bits per heavy atom. The van der Waals surface area contributed by atoms with E-state index in [1.165, 1.54) is 4.90 Å². The first-order chi connectivity index (χ1) is 13.6. The first kappa shape index (κ1) is 18.1. The molecule has 3 aromatic heterocycles. The Bertz CT molecular complexity index is 991. The molecule has 28 heavy (non-hydrogen) atoms. The van der Waals surface area contributed by atoms with Crippen LogP contribution in [0.2, 0.25) is 0 Å². The van der Waals surface area contributed by atoms with Crippen molar-refractivity contribution in [2.24, 2.45) is 0 Å². The fraction of sp³-hybridized carbons (Fsp3) is 0.200. The van der Waals surface area contributed by atoms with Gasteiger partial charge in [-0.2, -0.15) is 11.3 Å². The zero-order chi connectivity index (χ0) is 19.5. The van der Waals surface area contributed by atoms with Gasteiger partial charge in [0.2, 0.25) is 5.91 Å². The minimum atomic E-state index is -0.142. The fourth-order valence-electron chi connectivity index (χ4n) is 3.07. The average molecular weight is 393 g/mol. The smallest absolute Gasteiger partial charge is 0.256 e. The largest absolute Gasteiger partial charge is 0.359 e. The summed E-state index contributed by atoms with van der Waals surface area (Å²) < 4.78 is 0. The van der Waals surface area contributed by atoms with E-state index in [2.05, 4.69) is 15.3 Å². The Labute approximate surface area is 166 Å². The van der Waals surface area contributed by atoms with Crippen LogP contribution in [-0.4, -0.2) is 40.3 Å². The van der Waals surface area contributed by atoms with Crippen LogP contribution in [0.15, 0.2) is 53.6 Å². The third-order valence-corrected chi connectivity index (χ3v) is 5.33. The van der Waals surface area contributed by atoms with Gasteiger partial charge in [-0.05, 0) is 40.1 Å². The van der Waals surface area contributed by atoms with E-state index in [1.807, 2.05) is 29.0 Å². The van der Waals surface area contributed by atoms with Crippen molar-refractivity contribution in [3.63, 3.8) is 0 Å². The molecular weight excluding hydrogens is 374 g/mol. The molecule has 3 aromatic rings. The van der Waals surface area contributed by atoms with Crippen molar-refractivity contribution in [2.75, 3.05) is 23.8 Å². The molecule has 0 aliphatic carbocycles. The van der Waals surface area contributed by atoms with E-state index in [0.29, 0.717) is 30.2 Å². The van der Waals surface area contributed by atoms with Crippen LogP contribution < -0.4 is 10.2 Å². The number of hydrogen-bond donors (Lipinski definition) is 1. The molecule has 0 saturated heterocycles. The number of fused-ring (bicyclic) bond motifs is 1. The van der Waals surface area contributed by atoms with Crippen LogP contribution >= 0.6 is 11.3 Å². The van der Waals surface area contributed by atoms with E-state index in [0.717, 1.165) is 11.1 Å². The monoisotopic (exact) mass is 393 g/mol. The molecule has 1 N–H and O–H groups in total. The summed E-state index contributed by atoms with van der Waals surface area (Å²) >= 11 is 1.60. The van der Waals surface area contributed by atoms with Gasteiger partial charge in [0.05, 0.1) is 17.8 Å². The number of carbonyl (C=O) groups excluding carboxylic acids is 2. The van der Waals surface area contributed by atoms with Gasteiger partial charge in [0.1, 0.15) is 5.82 Å². The van der Waals surface area contributed by atoms with Gasteiger partial charge < -0.3 is 15.1 Å². The molecule has 4 heterocycles. The van der Waals surface area contributed by atoms with Gasteiger partial charge in [-0.25, -0.2) is 4.98 Å². The second-order valence-electron chi connectivity index (χ2n) is 6.55. The third kappa shape index (κ3) is 3.72. The fourth-order valence-corrected chi connectivity index (χ4v) is 3.73. The van der Waals surface area contributed by atoms with Crippen LogP contribution in [0.25, 0.3) is 0 Å². The maximum absolute atomic E-state index is 13.3. The number of thiophene rings is 1. The highest BCUT2D eigenvalue weighted by atomic mass is 32.1. The Hall–Kier alpha value is -3.26. The summed E-state index contributed by atoms with van der Waals surface area (Å²) in [6.07, 6.45) is 5.03. The van der Waals surface area contributed by atoms with Crippen molar-refractivity contribution >= 4 is 34.7 Å². The predicted molar refractivity (Wildman–Crippen MR) is 108 cm³/mol. The van der Waals surface area contributed by atoms with E-state index < -0.39 is 0 Å². The van der Waals surface area contributed by atoms with Gasteiger partial charge in [-0.15, -0.1) is 0 Å². The summed E-state index contributed by atoms with van der Waals surface area (Å²) in [5, 5.41) is 7.01. The van der Waals surface area contributed by atoms with Crippen molar-refractivity contribution < 1.29 is 9.59 Å². The number of nitrogens with zero attached hydrogens (tertiary/aromatic N) is 4. The van der Waals surface area contributed by atoms with Crippen LogP contribution in [0, 0.1) is 0 Å². The van der Waals surface area contributed by atoms with Gasteiger partial charge in [-0.1, -0.05) is 6.07 Å². The summed E-state index contributed by atoms with van der Waals surface area (Å²) in [6, 6.07) is 7.53. The standard InChI is InChI=1S/C20H19N5O2S/c1-24-17-7-16(9-22-19(17)23-10-18(24)26)20(27)25(12-15-4-6-28-13-15)11-14-3-2-5-21-8-14/h2-9,13H,10-12H2,1H3,(H,22,23). The molecule has 0 saturated carbocycles. The molecule has 7 nitrogen and oxygen atoms in total. The van der Waals surface area contributed by atoms with E-state index >= 15 is 0 Å². The second kappa shape index (κ2) is 7.77. The lowest BCUT2D eigenvalue weighted by molar-refractivity contribution is -0.116. The summed E-state index contributed by atoms with van der Waals surface area (Å²) in [5.41, 5.74) is 3.08. The van der Waals surface area contributed by atoms with Gasteiger partial charge >= 0.3 is 0 Å². The average Bonchev–Trinajstić information content (AvgIpc) is 3.23. The number of amides is 2. The summed E-state index contributed by atoms with van der Waals surface area (Å²) in [6.45, 7) is 1.13. The molecule has 8 heteroatoms. The summed E-state index contributed by atoms with van der Waals surface area (Å²) in [5.74, 6) is 0.399. The van der Waals surface area contributed by atoms with Gasteiger partial charge in [-0.3, -0.25) is 14.6 Å². The lowest BCUT2D eigenvalue weighted by Crippen LogP contribution is -2.37. The van der Waals surface area contributed by atoms with Crippen LogP contribution in [0.3, 0.4) is 0 Å². The molecule has 0 spiro atoms. The molecule has 0 bridgehead atoms. The molecule has 142 valence electrons. The maximum Gasteiger partial charge on any atom is 0.256 e. The number of anilines is 2. The maximum atomic E-state index is 13.3. The molecule has 4 rings (SSSR count). The lowest BCUT2D eigenvalue weighted by Gasteiger charge is -2.27. The highest BCUT2D eigenvalue weighted by molar-refractivity contribution is 7.07. The minimum Gasteiger partial charge on any atom is -0.359 e. The normalized spacial score (nSPS) is 13.0. The molecule has 0 aromatic carbocycles. The molecule has 0 fully saturated rings. The number of pyridine rings is 2. The number of hydrogen-bond acceptors (Lipinski definition) is 6. The zero-order valence-corrected chi connectivity index (χ0v) is 16.1. The minimum absolute atomic E-state index is 0.0654. The molecular formula is C20H19N5O2S. The van der Waals surface area contributed by atoms with Crippen LogP contribution in [0.5, 0.6) is 0 Å². The van der Waals surface area contributed by atoms with Crippen molar-refractivity contribution in [1.82, 2.24) is 14.9 Å². The molecule has 0 unspecified atom stereocenters. The van der Waals surface area contributed by atoms with Crippen molar-refractivity contribution in [1.29, 1.82) is 0 Å². The molecule has 1 aliphatic heterocycles. The summed E-state index contributed by atoms with van der Waals surface area (Å²) in [7, 11) is 1.69. The van der Waals surface area contributed by atoms with Gasteiger partial charge in [0, 0.05) is 38.7 Å². The number of carbonyl (C=O) groups is 2. The Morgan fingerprint density at radius 3 is 2.89 bits per heavy atom. The van der Waals surface area contributed by atoms with Crippen LogP contribution in [0.1, 0.15) is 21.5 Å². The first-order valence-corrected chi connectivity index (χ1v) is 9.76. The number of nitrogens with one attached hydrogen (secondary N) is 1. The van der Waals surface area contributed by atoms with Gasteiger partial charge in [0.25, 0.3) is 5.91 Å². The van der Waals surface area contributed by atoms with Crippen LogP contribution in [-0.2, 0) is 17.9 Å². The molecule has 0 radical (unpaired) electrons. The molecule has 1 aliphatic rings. The lowest BCUT2D eigenvalue weighted by atomic mass is 10.1. The van der Waals surface area contributed by atoms with Gasteiger partial charge in [0.15, 0.2) is 0 Å². The number of rotatable bonds is 5. The predicted octanol–water partition coefficient (Wildman–Crippen LogP) is 2.77. The number of likely N-dealkylation sites (N-methyl/N-ethyl adjacent to an activating group) is 1. The topological polar surface area (TPSA) is 78.4 Å². The zero-order valence-electron chi connectivity index (χ0n) is 15.3. The van der Waals surface area contributed by atoms with Crippen molar-refractivity contribution in [3.8, 4) is 0 Å². The summed E-state index contributed by atoms with van der Waals surface area (Å²) in [4.78, 5) is 37.0. The van der Waals surface area contributed by atoms with Crippen LogP contribution in [0.4, 0.5) is 11.5 Å². The molecule has 0 atom stereocenters.